The van der Waals surface area contributed by atoms with E-state index in [0.29, 0.717) is 36.0 Å². The van der Waals surface area contributed by atoms with E-state index in [2.05, 4.69) is 19.9 Å². The number of anilines is 2. The maximum Gasteiger partial charge on any atom is 0.249 e. The molecular weight excluding hydrogens is 330 g/mol. The maximum atomic E-state index is 12.0. The summed E-state index contributed by atoms with van der Waals surface area (Å²) in [6.45, 7) is 1.35. The van der Waals surface area contributed by atoms with Crippen molar-refractivity contribution in [2.24, 2.45) is 0 Å². The van der Waals surface area contributed by atoms with Crippen molar-refractivity contribution in [3.63, 3.8) is 0 Å². The number of nitrogen functional groups attached to an aromatic ring is 1. The number of aromatic nitrogens is 3. The van der Waals surface area contributed by atoms with Gasteiger partial charge in [0.2, 0.25) is 15.0 Å². The molecule has 24 heavy (non-hydrogen) atoms. The summed E-state index contributed by atoms with van der Waals surface area (Å²) >= 11 is 0. The first-order chi connectivity index (χ1) is 11.4. The number of pyridine rings is 1. The van der Waals surface area contributed by atoms with Gasteiger partial charge in [0.25, 0.3) is 0 Å². The zero-order chi connectivity index (χ0) is 16.9. The van der Waals surface area contributed by atoms with Gasteiger partial charge in [0.15, 0.2) is 0 Å². The lowest BCUT2D eigenvalue weighted by Gasteiger charge is -2.28. The topological polar surface area (TPSA) is 111 Å². The number of nitrogens with two attached hydrogens (primary N) is 1. The number of nitrogens with zero attached hydrogens (tertiary/aromatic N) is 4. The Labute approximate surface area is 139 Å². The van der Waals surface area contributed by atoms with Crippen LogP contribution < -0.4 is 10.6 Å². The van der Waals surface area contributed by atoms with Gasteiger partial charge in [-0.15, -0.1) is 0 Å². The monoisotopic (exact) mass is 347 g/mol. The Morgan fingerprint density at radius 3 is 2.75 bits per heavy atom. The first kappa shape index (κ1) is 15.3. The molecule has 8 nitrogen and oxygen atoms in total. The van der Waals surface area contributed by atoms with Crippen molar-refractivity contribution >= 4 is 21.5 Å². The normalized spacial score (nSPS) is 23.0. The summed E-state index contributed by atoms with van der Waals surface area (Å²) in [4.78, 5) is 14.6. The Morgan fingerprint density at radius 1 is 1.33 bits per heavy atom. The molecule has 0 amide bonds. The zero-order valence-electron chi connectivity index (χ0n) is 13.1. The SMILES string of the molecule is CS(=O)(=O)c1nc(-c2ccc(N)nc2)cc(N2C[C@@H]3C[C@H]2CO3)n1. The average Bonchev–Trinajstić information content (AvgIpc) is 3.17. The first-order valence-electron chi connectivity index (χ1n) is 7.59. The molecule has 4 heterocycles. The molecule has 0 aliphatic carbocycles. The molecule has 2 aliphatic heterocycles. The van der Waals surface area contributed by atoms with Crippen molar-refractivity contribution in [1.29, 1.82) is 0 Å². The summed E-state index contributed by atoms with van der Waals surface area (Å²) in [5.74, 6) is 0.999. The highest BCUT2D eigenvalue weighted by Gasteiger charge is 2.40. The Balaban J connectivity index is 1.82. The molecule has 0 unspecified atom stereocenters. The predicted octanol–water partition coefficient (Wildman–Crippen LogP) is 0.502. The van der Waals surface area contributed by atoms with Crippen LogP contribution in [0, 0.1) is 0 Å². The highest BCUT2D eigenvalue weighted by atomic mass is 32.2. The van der Waals surface area contributed by atoms with Gasteiger partial charge in [-0.3, -0.25) is 0 Å². The fourth-order valence-electron chi connectivity index (χ4n) is 3.11. The molecule has 0 spiro atoms. The van der Waals surface area contributed by atoms with Crippen molar-refractivity contribution in [2.75, 3.05) is 30.0 Å². The Hall–Kier alpha value is -2.26. The molecule has 0 saturated carbocycles. The quantitative estimate of drug-likeness (QED) is 0.799. The van der Waals surface area contributed by atoms with Crippen molar-refractivity contribution in [2.45, 2.75) is 23.7 Å². The van der Waals surface area contributed by atoms with Gasteiger partial charge in [-0.2, -0.15) is 0 Å². The van der Waals surface area contributed by atoms with Gasteiger partial charge in [0.1, 0.15) is 11.6 Å². The molecule has 2 aromatic heterocycles. The summed E-state index contributed by atoms with van der Waals surface area (Å²) in [5.41, 5.74) is 6.82. The fraction of sp³-hybridized carbons (Fsp3) is 0.400. The van der Waals surface area contributed by atoms with Crippen LogP contribution in [0.15, 0.2) is 29.6 Å². The van der Waals surface area contributed by atoms with Crippen LogP contribution in [0.3, 0.4) is 0 Å². The molecule has 2 N–H and O–H groups in total. The second-order valence-corrected chi connectivity index (χ2v) is 8.04. The molecule has 2 fully saturated rings. The number of hydrogen-bond donors (Lipinski definition) is 1. The fourth-order valence-corrected chi connectivity index (χ4v) is 3.63. The number of sulfone groups is 1. The van der Waals surface area contributed by atoms with Gasteiger partial charge in [0, 0.05) is 30.6 Å². The van der Waals surface area contributed by atoms with Gasteiger partial charge >= 0.3 is 0 Å². The van der Waals surface area contributed by atoms with E-state index in [0.717, 1.165) is 12.7 Å². The smallest absolute Gasteiger partial charge is 0.249 e. The Kier molecular flexibility index (Phi) is 3.43. The van der Waals surface area contributed by atoms with Crippen molar-refractivity contribution in [3.8, 4) is 11.3 Å². The van der Waals surface area contributed by atoms with Crippen LogP contribution in [-0.4, -0.2) is 54.9 Å². The molecule has 2 aliphatic rings. The first-order valence-corrected chi connectivity index (χ1v) is 9.48. The second kappa shape index (κ2) is 5.38. The van der Waals surface area contributed by atoms with Crippen LogP contribution in [0.25, 0.3) is 11.3 Å². The van der Waals surface area contributed by atoms with E-state index in [1.807, 2.05) is 0 Å². The number of ether oxygens (including phenoxy) is 1. The van der Waals surface area contributed by atoms with E-state index in [9.17, 15) is 8.42 Å². The number of hydrogen-bond acceptors (Lipinski definition) is 8. The lowest BCUT2D eigenvalue weighted by molar-refractivity contribution is 0.0988. The third-order valence-corrected chi connectivity index (χ3v) is 5.15. The van der Waals surface area contributed by atoms with Crippen molar-refractivity contribution < 1.29 is 13.2 Å². The highest BCUT2D eigenvalue weighted by molar-refractivity contribution is 7.90. The zero-order valence-corrected chi connectivity index (χ0v) is 13.9. The summed E-state index contributed by atoms with van der Waals surface area (Å²) in [7, 11) is -3.53. The van der Waals surface area contributed by atoms with E-state index in [-0.39, 0.29) is 17.3 Å². The second-order valence-electron chi connectivity index (χ2n) is 6.14. The van der Waals surface area contributed by atoms with Gasteiger partial charge in [-0.25, -0.2) is 23.4 Å². The van der Waals surface area contributed by atoms with Crippen LogP contribution in [0.1, 0.15) is 6.42 Å². The van der Waals surface area contributed by atoms with Crippen LogP contribution in [0.5, 0.6) is 0 Å². The van der Waals surface area contributed by atoms with Crippen molar-refractivity contribution in [3.05, 3.63) is 24.4 Å². The molecule has 2 saturated heterocycles. The Morgan fingerprint density at radius 2 is 2.17 bits per heavy atom. The molecule has 0 radical (unpaired) electrons. The number of morpholine rings is 1. The molecule has 126 valence electrons. The summed E-state index contributed by atoms with van der Waals surface area (Å²) in [6, 6.07) is 5.44. The van der Waals surface area contributed by atoms with Gasteiger partial charge < -0.3 is 15.4 Å². The molecule has 4 rings (SSSR count). The largest absolute Gasteiger partial charge is 0.384 e. The third kappa shape index (κ3) is 2.69. The van der Waals surface area contributed by atoms with Gasteiger partial charge in [0.05, 0.1) is 24.4 Å². The van der Waals surface area contributed by atoms with Crippen molar-refractivity contribution in [1.82, 2.24) is 15.0 Å². The predicted molar refractivity (Wildman–Crippen MR) is 88.3 cm³/mol. The molecule has 2 atom stereocenters. The van der Waals surface area contributed by atoms with Crippen LogP contribution in [-0.2, 0) is 14.6 Å². The number of rotatable bonds is 3. The molecule has 2 bridgehead atoms. The van der Waals surface area contributed by atoms with Crippen LogP contribution >= 0.6 is 0 Å². The molecule has 2 aromatic rings. The minimum Gasteiger partial charge on any atom is -0.384 e. The molecule has 0 aromatic carbocycles. The van der Waals surface area contributed by atoms with E-state index >= 15 is 0 Å². The van der Waals surface area contributed by atoms with E-state index in [1.165, 1.54) is 0 Å². The molecular formula is C15H17N5O3S. The number of fused-ring (bicyclic) bond motifs is 2. The van der Waals surface area contributed by atoms with E-state index < -0.39 is 9.84 Å². The standard InChI is InChI=1S/C15H17N5O3S/c1-24(21,22)15-18-12(9-2-3-13(16)17-6-9)5-14(19-15)20-7-11-4-10(20)8-23-11/h2-3,5-6,10-11H,4,7-8H2,1H3,(H2,16,17)/t10-,11-/m0/s1. The highest BCUT2D eigenvalue weighted by Crippen LogP contribution is 2.33. The summed E-state index contributed by atoms with van der Waals surface area (Å²) in [6.07, 6.45) is 3.81. The lowest BCUT2D eigenvalue weighted by Crippen LogP contribution is -2.37. The maximum absolute atomic E-state index is 12.0. The third-order valence-electron chi connectivity index (χ3n) is 4.30. The lowest BCUT2D eigenvalue weighted by atomic mass is 10.2. The van der Waals surface area contributed by atoms with E-state index in [4.69, 9.17) is 10.5 Å². The van der Waals surface area contributed by atoms with Crippen LogP contribution in [0.2, 0.25) is 0 Å². The minimum atomic E-state index is -3.53. The minimum absolute atomic E-state index is 0.185. The van der Waals surface area contributed by atoms with Gasteiger partial charge in [-0.05, 0) is 18.6 Å². The average molecular weight is 347 g/mol. The summed E-state index contributed by atoms with van der Waals surface area (Å²) < 4.78 is 29.6. The van der Waals surface area contributed by atoms with Crippen LogP contribution in [0.4, 0.5) is 11.6 Å². The summed E-state index contributed by atoms with van der Waals surface area (Å²) in [5, 5.41) is -0.185. The van der Waals surface area contributed by atoms with Gasteiger partial charge in [-0.1, -0.05) is 0 Å². The Bertz CT molecular complexity index is 884. The molecule has 9 heteroatoms. The van der Waals surface area contributed by atoms with E-state index in [1.54, 1.807) is 24.4 Å².